The molecule has 3 aliphatic rings. The van der Waals surface area contributed by atoms with Crippen LogP contribution >= 0.6 is 0 Å². The maximum atomic E-state index is 13.2. The van der Waals surface area contributed by atoms with Gasteiger partial charge in [-0.1, -0.05) is 24.3 Å². The van der Waals surface area contributed by atoms with Crippen molar-refractivity contribution in [2.45, 2.75) is 50.7 Å². The number of aromatic nitrogens is 2. The summed E-state index contributed by atoms with van der Waals surface area (Å²) in [5, 5.41) is 7.86. The van der Waals surface area contributed by atoms with Crippen LogP contribution in [0.5, 0.6) is 11.5 Å². The standard InChI is InChI=1S/C31H39N5O3/c1-38-29-12-11-24-17-30(29)39-15-6-5-13-34(20-23-18-33-36(21-23)26-8-3-2-4-9-26)22-31(37)32-19-25-16-28(24)35-14-7-10-27(25)35/h2-4,8-9,11-12,17-18,21,25,27-28H,5-7,10,13-16,19-20,22H2,1H3,(H,32,37)/t25-,27+,28-/m1/s1. The lowest BCUT2D eigenvalue weighted by Crippen LogP contribution is -2.41. The Bertz CT molecular complexity index is 1260. The molecule has 4 bridgehead atoms. The SMILES string of the molecule is COc1ccc2cc1OCCCCN(Cc1cnn(-c3ccccc3)c1)CC(=O)NC[C@H]1C[C@H]2N2CCC[C@@H]12. The van der Waals surface area contributed by atoms with Crippen LogP contribution in [0.4, 0.5) is 0 Å². The highest BCUT2D eigenvalue weighted by Crippen LogP contribution is 2.46. The van der Waals surface area contributed by atoms with Gasteiger partial charge < -0.3 is 14.8 Å². The molecule has 0 unspecified atom stereocenters. The third-order valence-electron chi connectivity index (χ3n) is 8.50. The normalized spacial score (nSPS) is 24.6. The topological polar surface area (TPSA) is 71.9 Å². The zero-order valence-electron chi connectivity index (χ0n) is 22.8. The van der Waals surface area contributed by atoms with Gasteiger partial charge in [0.05, 0.1) is 32.1 Å². The van der Waals surface area contributed by atoms with Gasteiger partial charge in [-0.05, 0) is 80.9 Å². The Morgan fingerprint density at radius 3 is 2.87 bits per heavy atom. The van der Waals surface area contributed by atoms with Crippen molar-refractivity contribution in [1.29, 1.82) is 0 Å². The highest BCUT2D eigenvalue weighted by Gasteiger charge is 2.44. The number of nitrogens with one attached hydrogen (secondary N) is 1. The highest BCUT2D eigenvalue weighted by molar-refractivity contribution is 5.78. The first-order valence-electron chi connectivity index (χ1n) is 14.3. The van der Waals surface area contributed by atoms with Crippen LogP contribution in [0.2, 0.25) is 0 Å². The molecule has 206 valence electrons. The Hall–Kier alpha value is -3.36. The Balaban J connectivity index is 1.19. The largest absolute Gasteiger partial charge is 0.493 e. The molecule has 1 amide bonds. The zero-order valence-corrected chi connectivity index (χ0v) is 22.8. The molecule has 8 nitrogen and oxygen atoms in total. The molecule has 2 aromatic carbocycles. The minimum Gasteiger partial charge on any atom is -0.493 e. The van der Waals surface area contributed by atoms with Crippen molar-refractivity contribution < 1.29 is 14.3 Å². The molecule has 0 aliphatic carbocycles. The van der Waals surface area contributed by atoms with E-state index in [0.717, 1.165) is 61.6 Å². The van der Waals surface area contributed by atoms with E-state index in [-0.39, 0.29) is 5.91 Å². The predicted octanol–water partition coefficient (Wildman–Crippen LogP) is 4.20. The third kappa shape index (κ3) is 5.82. The van der Waals surface area contributed by atoms with E-state index in [1.807, 2.05) is 47.3 Å². The number of hydrogen-bond donors (Lipinski definition) is 1. The molecule has 1 N–H and O–H groups in total. The van der Waals surface area contributed by atoms with Gasteiger partial charge in [0.1, 0.15) is 0 Å². The number of rotatable bonds is 4. The molecule has 0 radical (unpaired) electrons. The molecule has 8 heteroatoms. The summed E-state index contributed by atoms with van der Waals surface area (Å²) < 4.78 is 13.8. The summed E-state index contributed by atoms with van der Waals surface area (Å²) in [6.45, 7) is 4.34. The van der Waals surface area contributed by atoms with Crippen LogP contribution in [-0.4, -0.2) is 71.4 Å². The number of carbonyl (C=O) groups is 1. The second-order valence-corrected chi connectivity index (χ2v) is 11.1. The van der Waals surface area contributed by atoms with Crippen LogP contribution in [-0.2, 0) is 11.3 Å². The van der Waals surface area contributed by atoms with Crippen molar-refractivity contribution in [2.75, 3.05) is 39.9 Å². The number of para-hydroxylation sites is 1. The van der Waals surface area contributed by atoms with E-state index in [2.05, 4.69) is 38.5 Å². The second kappa shape index (κ2) is 11.8. The monoisotopic (exact) mass is 529 g/mol. The molecule has 39 heavy (non-hydrogen) atoms. The summed E-state index contributed by atoms with van der Waals surface area (Å²) in [6.07, 6.45) is 9.27. The zero-order chi connectivity index (χ0) is 26.6. The van der Waals surface area contributed by atoms with Crippen molar-refractivity contribution >= 4 is 5.91 Å². The average molecular weight is 530 g/mol. The lowest BCUT2D eigenvalue weighted by molar-refractivity contribution is -0.122. The summed E-state index contributed by atoms with van der Waals surface area (Å²) in [6, 6.07) is 17.4. The summed E-state index contributed by atoms with van der Waals surface area (Å²) in [5.41, 5.74) is 3.42. The Morgan fingerprint density at radius 2 is 2.00 bits per heavy atom. The summed E-state index contributed by atoms with van der Waals surface area (Å²) in [7, 11) is 1.70. The summed E-state index contributed by atoms with van der Waals surface area (Å²) >= 11 is 0. The van der Waals surface area contributed by atoms with Crippen molar-refractivity contribution in [1.82, 2.24) is 24.9 Å². The first-order valence-corrected chi connectivity index (χ1v) is 14.3. The van der Waals surface area contributed by atoms with E-state index in [9.17, 15) is 4.79 Å². The highest BCUT2D eigenvalue weighted by atomic mass is 16.5. The quantitative estimate of drug-likeness (QED) is 0.546. The number of benzene rings is 2. The smallest absolute Gasteiger partial charge is 0.234 e. The van der Waals surface area contributed by atoms with Crippen LogP contribution in [0.3, 0.4) is 0 Å². The molecule has 0 spiro atoms. The van der Waals surface area contributed by atoms with Crippen LogP contribution < -0.4 is 14.8 Å². The first kappa shape index (κ1) is 25.9. The molecule has 3 aromatic rings. The first-order chi connectivity index (χ1) is 19.2. The lowest BCUT2D eigenvalue weighted by atomic mass is 9.94. The minimum absolute atomic E-state index is 0.105. The van der Waals surface area contributed by atoms with Gasteiger partial charge in [-0.2, -0.15) is 5.10 Å². The maximum absolute atomic E-state index is 13.2. The molecular formula is C31H39N5O3. The number of nitrogens with zero attached hydrogens (tertiary/aromatic N) is 4. The van der Waals surface area contributed by atoms with Gasteiger partial charge in [0, 0.05) is 36.9 Å². The molecule has 4 heterocycles. The van der Waals surface area contributed by atoms with Crippen molar-refractivity contribution in [3.8, 4) is 17.2 Å². The summed E-state index contributed by atoms with van der Waals surface area (Å²) in [4.78, 5) is 18.0. The number of amides is 1. The van der Waals surface area contributed by atoms with Crippen LogP contribution in [0.1, 0.15) is 49.3 Å². The fourth-order valence-electron chi connectivity index (χ4n) is 6.61. The van der Waals surface area contributed by atoms with E-state index in [4.69, 9.17) is 9.47 Å². The predicted molar refractivity (Wildman–Crippen MR) is 150 cm³/mol. The van der Waals surface area contributed by atoms with E-state index >= 15 is 0 Å². The van der Waals surface area contributed by atoms with Gasteiger partial charge in [-0.25, -0.2) is 4.68 Å². The van der Waals surface area contributed by atoms with Crippen LogP contribution in [0.15, 0.2) is 60.9 Å². The second-order valence-electron chi connectivity index (χ2n) is 11.1. The molecule has 2 saturated heterocycles. The van der Waals surface area contributed by atoms with Crippen molar-refractivity contribution in [3.05, 3.63) is 72.1 Å². The fourth-order valence-corrected chi connectivity index (χ4v) is 6.61. The molecule has 6 rings (SSSR count). The molecule has 0 saturated carbocycles. The number of ether oxygens (including phenoxy) is 2. The van der Waals surface area contributed by atoms with Gasteiger partial charge >= 0.3 is 0 Å². The van der Waals surface area contributed by atoms with Gasteiger partial charge in [0.25, 0.3) is 0 Å². The summed E-state index contributed by atoms with van der Waals surface area (Å²) in [5.74, 6) is 2.18. The van der Waals surface area contributed by atoms with Crippen molar-refractivity contribution in [2.24, 2.45) is 5.92 Å². The van der Waals surface area contributed by atoms with Crippen LogP contribution in [0, 0.1) is 5.92 Å². The molecule has 2 fully saturated rings. The van der Waals surface area contributed by atoms with E-state index in [1.54, 1.807) is 7.11 Å². The maximum Gasteiger partial charge on any atom is 0.234 e. The fraction of sp³-hybridized carbons (Fsp3) is 0.484. The van der Waals surface area contributed by atoms with E-state index in [0.29, 0.717) is 37.7 Å². The molecule has 3 atom stereocenters. The van der Waals surface area contributed by atoms with Gasteiger partial charge in [0.2, 0.25) is 5.91 Å². The average Bonchev–Trinajstić information content (AvgIpc) is 3.69. The number of methoxy groups -OCH3 is 1. The van der Waals surface area contributed by atoms with Gasteiger partial charge in [-0.3, -0.25) is 14.6 Å². The number of carbonyl (C=O) groups excluding carboxylic acids is 1. The molecule has 1 aromatic heterocycles. The number of fused-ring (bicyclic) bond motifs is 8. The third-order valence-corrected chi connectivity index (χ3v) is 8.50. The van der Waals surface area contributed by atoms with Gasteiger partial charge in [-0.15, -0.1) is 0 Å². The number of hydrogen-bond acceptors (Lipinski definition) is 6. The molecular weight excluding hydrogens is 490 g/mol. The van der Waals surface area contributed by atoms with E-state index in [1.165, 1.54) is 18.4 Å². The van der Waals surface area contributed by atoms with Crippen LogP contribution in [0.25, 0.3) is 5.69 Å². The Morgan fingerprint density at radius 1 is 1.10 bits per heavy atom. The Labute approximate surface area is 230 Å². The minimum atomic E-state index is 0.105. The van der Waals surface area contributed by atoms with Crippen molar-refractivity contribution in [3.63, 3.8) is 0 Å². The lowest BCUT2D eigenvalue weighted by Gasteiger charge is -2.25. The molecule has 3 aliphatic heterocycles. The van der Waals surface area contributed by atoms with E-state index < -0.39 is 0 Å². The Kier molecular flexibility index (Phi) is 7.83. The van der Waals surface area contributed by atoms with Gasteiger partial charge in [0.15, 0.2) is 11.5 Å².